The Balaban J connectivity index is 2.59. The summed E-state index contributed by atoms with van der Waals surface area (Å²) in [5, 5.41) is 3.52. The predicted molar refractivity (Wildman–Crippen MR) is 82.1 cm³/mol. The van der Waals surface area contributed by atoms with Gasteiger partial charge in [-0.15, -0.1) is 0 Å². The number of hydrogen-bond donors (Lipinski definition) is 2. The molecule has 0 amide bonds. The summed E-state index contributed by atoms with van der Waals surface area (Å²) < 4.78 is 0. The van der Waals surface area contributed by atoms with Crippen LogP contribution in [0.4, 0.5) is 11.4 Å². The van der Waals surface area contributed by atoms with Crippen molar-refractivity contribution in [2.24, 2.45) is 5.92 Å². The van der Waals surface area contributed by atoms with Crippen molar-refractivity contribution >= 4 is 11.4 Å². The van der Waals surface area contributed by atoms with Crippen molar-refractivity contribution in [3.8, 4) is 0 Å². The third kappa shape index (κ3) is 4.25. The first-order valence-electron chi connectivity index (χ1n) is 7.19. The molecule has 18 heavy (non-hydrogen) atoms. The van der Waals surface area contributed by atoms with Gasteiger partial charge in [-0.25, -0.2) is 0 Å². The van der Waals surface area contributed by atoms with E-state index in [1.807, 2.05) is 0 Å². The van der Waals surface area contributed by atoms with Crippen LogP contribution in [-0.4, -0.2) is 6.54 Å². The second-order valence-corrected chi connectivity index (χ2v) is 5.32. The van der Waals surface area contributed by atoms with Gasteiger partial charge in [-0.3, -0.25) is 0 Å². The van der Waals surface area contributed by atoms with Crippen molar-refractivity contribution in [1.29, 1.82) is 0 Å². The number of nitrogens with two attached hydrogens (primary N) is 1. The van der Waals surface area contributed by atoms with Gasteiger partial charge in [-0.05, 0) is 49.4 Å². The van der Waals surface area contributed by atoms with Crippen LogP contribution in [0.25, 0.3) is 0 Å². The molecule has 2 nitrogen and oxygen atoms in total. The molecule has 1 rings (SSSR count). The SMILES string of the molecule is CCCCC(CC)CNc1cc(C)c(C)cc1N. The minimum atomic E-state index is 0.756. The number of rotatable bonds is 7. The second kappa shape index (κ2) is 7.30. The molecule has 0 spiro atoms. The Bertz CT molecular complexity index is 372. The summed E-state index contributed by atoms with van der Waals surface area (Å²) in [6, 6.07) is 4.22. The minimum Gasteiger partial charge on any atom is -0.397 e. The second-order valence-electron chi connectivity index (χ2n) is 5.32. The molecule has 0 saturated heterocycles. The summed E-state index contributed by atoms with van der Waals surface area (Å²) in [5.74, 6) is 0.756. The average Bonchev–Trinajstić information content (AvgIpc) is 2.35. The highest BCUT2D eigenvalue weighted by Gasteiger charge is 2.07. The number of hydrogen-bond acceptors (Lipinski definition) is 2. The highest BCUT2D eigenvalue weighted by atomic mass is 14.9. The van der Waals surface area contributed by atoms with E-state index in [2.05, 4.69) is 45.1 Å². The molecule has 1 aromatic carbocycles. The molecule has 0 heterocycles. The maximum absolute atomic E-state index is 6.06. The Kier molecular flexibility index (Phi) is 6.03. The van der Waals surface area contributed by atoms with E-state index in [9.17, 15) is 0 Å². The Morgan fingerprint density at radius 2 is 1.83 bits per heavy atom. The van der Waals surface area contributed by atoms with Gasteiger partial charge in [0, 0.05) is 6.54 Å². The van der Waals surface area contributed by atoms with Crippen molar-refractivity contribution in [3.05, 3.63) is 23.3 Å². The fourth-order valence-electron chi connectivity index (χ4n) is 2.19. The quantitative estimate of drug-likeness (QED) is 0.696. The number of unbranched alkanes of at least 4 members (excludes halogenated alkanes) is 1. The zero-order chi connectivity index (χ0) is 13.5. The van der Waals surface area contributed by atoms with E-state index < -0.39 is 0 Å². The molecule has 0 aliphatic carbocycles. The van der Waals surface area contributed by atoms with E-state index in [0.29, 0.717) is 0 Å². The van der Waals surface area contributed by atoms with Gasteiger partial charge in [0.15, 0.2) is 0 Å². The van der Waals surface area contributed by atoms with Gasteiger partial charge in [0.1, 0.15) is 0 Å². The zero-order valence-electron chi connectivity index (χ0n) is 12.3. The minimum absolute atomic E-state index is 0.756. The molecule has 0 aromatic heterocycles. The molecule has 102 valence electrons. The standard InChI is InChI=1S/C16H28N2/c1-5-7-8-14(6-2)11-18-16-10-13(4)12(3)9-15(16)17/h9-10,14,18H,5-8,11,17H2,1-4H3. The number of nitrogens with one attached hydrogen (secondary N) is 1. The third-order valence-electron chi connectivity index (χ3n) is 3.79. The van der Waals surface area contributed by atoms with E-state index in [0.717, 1.165) is 23.8 Å². The van der Waals surface area contributed by atoms with Crippen molar-refractivity contribution in [2.45, 2.75) is 53.4 Å². The summed E-state index contributed by atoms with van der Waals surface area (Å²) in [6.45, 7) is 9.79. The van der Waals surface area contributed by atoms with Crippen LogP contribution in [0.2, 0.25) is 0 Å². The summed E-state index contributed by atoms with van der Waals surface area (Å²) >= 11 is 0. The summed E-state index contributed by atoms with van der Waals surface area (Å²) in [5.41, 5.74) is 10.6. The molecule has 0 aliphatic rings. The number of aryl methyl sites for hydroxylation is 2. The average molecular weight is 248 g/mol. The first-order chi connectivity index (χ1) is 8.58. The predicted octanol–water partition coefficient (Wildman–Crippen LogP) is 4.51. The van der Waals surface area contributed by atoms with Crippen LogP contribution in [0.5, 0.6) is 0 Å². The highest BCUT2D eigenvalue weighted by molar-refractivity contribution is 5.68. The topological polar surface area (TPSA) is 38.0 Å². The van der Waals surface area contributed by atoms with Crippen molar-refractivity contribution < 1.29 is 0 Å². The van der Waals surface area contributed by atoms with Crippen LogP contribution < -0.4 is 11.1 Å². The fraction of sp³-hybridized carbons (Fsp3) is 0.625. The van der Waals surface area contributed by atoms with Gasteiger partial charge in [0.25, 0.3) is 0 Å². The molecule has 0 radical (unpaired) electrons. The van der Waals surface area contributed by atoms with E-state index >= 15 is 0 Å². The maximum Gasteiger partial charge on any atom is 0.0576 e. The van der Waals surface area contributed by atoms with Crippen LogP contribution in [0.15, 0.2) is 12.1 Å². The van der Waals surface area contributed by atoms with E-state index in [4.69, 9.17) is 5.73 Å². The molecule has 0 bridgehead atoms. The molecule has 0 aliphatic heterocycles. The van der Waals surface area contributed by atoms with Gasteiger partial charge in [0.05, 0.1) is 11.4 Å². The zero-order valence-corrected chi connectivity index (χ0v) is 12.3. The summed E-state index contributed by atoms with van der Waals surface area (Å²) in [7, 11) is 0. The van der Waals surface area contributed by atoms with Crippen LogP contribution in [-0.2, 0) is 0 Å². The molecular weight excluding hydrogens is 220 g/mol. The van der Waals surface area contributed by atoms with Crippen molar-refractivity contribution in [2.75, 3.05) is 17.6 Å². The number of nitrogen functional groups attached to an aromatic ring is 1. The van der Waals surface area contributed by atoms with Gasteiger partial charge in [0.2, 0.25) is 0 Å². The monoisotopic (exact) mass is 248 g/mol. The summed E-state index contributed by atoms with van der Waals surface area (Å²) in [4.78, 5) is 0. The van der Waals surface area contributed by atoms with E-state index in [-0.39, 0.29) is 0 Å². The Labute approximate surface area is 112 Å². The largest absolute Gasteiger partial charge is 0.397 e. The Morgan fingerprint density at radius 1 is 1.17 bits per heavy atom. The van der Waals surface area contributed by atoms with E-state index in [1.165, 1.54) is 36.8 Å². The van der Waals surface area contributed by atoms with Crippen LogP contribution in [0.3, 0.4) is 0 Å². The van der Waals surface area contributed by atoms with Crippen molar-refractivity contribution in [1.82, 2.24) is 0 Å². The smallest absolute Gasteiger partial charge is 0.0576 e. The van der Waals surface area contributed by atoms with Gasteiger partial charge in [-0.2, -0.15) is 0 Å². The Morgan fingerprint density at radius 3 is 2.44 bits per heavy atom. The van der Waals surface area contributed by atoms with Gasteiger partial charge < -0.3 is 11.1 Å². The molecule has 3 N–H and O–H groups in total. The van der Waals surface area contributed by atoms with E-state index in [1.54, 1.807) is 0 Å². The lowest BCUT2D eigenvalue weighted by molar-refractivity contribution is 0.473. The molecule has 1 atom stereocenters. The first-order valence-corrected chi connectivity index (χ1v) is 7.19. The molecule has 2 heteroatoms. The fourth-order valence-corrected chi connectivity index (χ4v) is 2.19. The van der Waals surface area contributed by atoms with Gasteiger partial charge in [-0.1, -0.05) is 33.1 Å². The number of benzene rings is 1. The van der Waals surface area contributed by atoms with Crippen LogP contribution in [0.1, 0.15) is 50.7 Å². The molecular formula is C16H28N2. The Hall–Kier alpha value is -1.18. The lowest BCUT2D eigenvalue weighted by atomic mass is 9.99. The molecule has 0 saturated carbocycles. The first kappa shape index (κ1) is 14.9. The maximum atomic E-state index is 6.06. The summed E-state index contributed by atoms with van der Waals surface area (Å²) in [6.07, 6.45) is 5.15. The lowest BCUT2D eigenvalue weighted by Gasteiger charge is -2.18. The van der Waals surface area contributed by atoms with Crippen LogP contribution in [0, 0.1) is 19.8 Å². The number of anilines is 2. The van der Waals surface area contributed by atoms with Gasteiger partial charge >= 0.3 is 0 Å². The lowest BCUT2D eigenvalue weighted by Crippen LogP contribution is -2.14. The normalized spacial score (nSPS) is 12.4. The van der Waals surface area contributed by atoms with Crippen LogP contribution >= 0.6 is 0 Å². The molecule has 1 unspecified atom stereocenters. The molecule has 1 aromatic rings. The van der Waals surface area contributed by atoms with Crippen molar-refractivity contribution in [3.63, 3.8) is 0 Å². The third-order valence-corrected chi connectivity index (χ3v) is 3.79. The highest BCUT2D eigenvalue weighted by Crippen LogP contribution is 2.24. The molecule has 0 fully saturated rings.